The first kappa shape index (κ1) is 25.0. The third-order valence-corrected chi connectivity index (χ3v) is 9.38. The summed E-state index contributed by atoms with van der Waals surface area (Å²) in [5.41, 5.74) is 3.90. The summed E-state index contributed by atoms with van der Waals surface area (Å²) in [6.45, 7) is 12.8. The van der Waals surface area contributed by atoms with Gasteiger partial charge in [0.05, 0.1) is 24.0 Å². The second-order valence-corrected chi connectivity index (χ2v) is 12.5. The molecular formula is C27H37NO5S. The van der Waals surface area contributed by atoms with E-state index in [1.807, 2.05) is 13.8 Å². The second-order valence-electron chi connectivity index (χ2n) is 11.4. The quantitative estimate of drug-likeness (QED) is 0.410. The topological polar surface area (TPSA) is 92.7 Å². The van der Waals surface area contributed by atoms with Crippen LogP contribution in [0, 0.1) is 35.0 Å². The fourth-order valence-corrected chi connectivity index (χ4v) is 7.95. The van der Waals surface area contributed by atoms with E-state index in [0.29, 0.717) is 16.5 Å². The maximum atomic E-state index is 13.6. The predicted octanol–water partition coefficient (Wildman–Crippen LogP) is 5.71. The first-order valence-electron chi connectivity index (χ1n) is 12.5. The number of carboxylic acids is 1. The van der Waals surface area contributed by atoms with Gasteiger partial charge in [0.1, 0.15) is 5.00 Å². The summed E-state index contributed by atoms with van der Waals surface area (Å²) in [6.07, 6.45) is 4.31. The highest BCUT2D eigenvalue weighted by Gasteiger charge is 2.57. The molecule has 3 aliphatic carbocycles. The van der Waals surface area contributed by atoms with Gasteiger partial charge in [0.25, 0.3) is 0 Å². The van der Waals surface area contributed by atoms with E-state index in [2.05, 4.69) is 26.1 Å². The zero-order valence-corrected chi connectivity index (χ0v) is 21.9. The predicted molar refractivity (Wildman–Crippen MR) is 133 cm³/mol. The van der Waals surface area contributed by atoms with Crippen LogP contribution in [0.3, 0.4) is 0 Å². The lowest BCUT2D eigenvalue weighted by molar-refractivity contribution is -0.148. The lowest BCUT2D eigenvalue weighted by Crippen LogP contribution is -2.38. The Balaban J connectivity index is 1.68. The summed E-state index contributed by atoms with van der Waals surface area (Å²) in [4.78, 5) is 39.9. The highest BCUT2D eigenvalue weighted by Crippen LogP contribution is 2.57. The van der Waals surface area contributed by atoms with Crippen LogP contribution in [0.5, 0.6) is 0 Å². The molecule has 0 spiro atoms. The average Bonchev–Trinajstić information content (AvgIpc) is 3.41. The number of carboxylic acid groups (broad SMARTS) is 1. The molecule has 2 N–H and O–H groups in total. The van der Waals surface area contributed by atoms with Crippen LogP contribution in [0.2, 0.25) is 0 Å². The molecule has 2 bridgehead atoms. The first-order valence-corrected chi connectivity index (χ1v) is 13.3. The summed E-state index contributed by atoms with van der Waals surface area (Å²) in [6, 6.07) is 0. The SMILES string of the molecule is CCOC(=O)c1c(NC(=O)[C@H]2[C@@H](C(=O)O)[C@@H]3CC[C@@H]2C3=C(C)C)sc2c1CC[C@@H](C(C)(C)C)C2. The van der Waals surface area contributed by atoms with Crippen molar-refractivity contribution in [2.75, 3.05) is 11.9 Å². The van der Waals surface area contributed by atoms with Crippen LogP contribution < -0.4 is 5.32 Å². The Kier molecular flexibility index (Phi) is 6.71. The largest absolute Gasteiger partial charge is 0.481 e. The molecule has 1 aromatic rings. The maximum absolute atomic E-state index is 13.6. The van der Waals surface area contributed by atoms with Crippen molar-refractivity contribution < 1.29 is 24.2 Å². The minimum absolute atomic E-state index is 0.0398. The zero-order chi connectivity index (χ0) is 24.9. The van der Waals surface area contributed by atoms with Crippen LogP contribution in [-0.4, -0.2) is 29.6 Å². The number of carbonyl (C=O) groups excluding carboxylic acids is 2. The number of hydrogen-bond acceptors (Lipinski definition) is 5. The van der Waals surface area contributed by atoms with Crippen molar-refractivity contribution >= 4 is 34.2 Å². The number of esters is 1. The van der Waals surface area contributed by atoms with Gasteiger partial charge in [-0.05, 0) is 81.6 Å². The molecule has 6 nitrogen and oxygen atoms in total. The van der Waals surface area contributed by atoms with Crippen LogP contribution in [0.4, 0.5) is 5.00 Å². The van der Waals surface area contributed by atoms with Crippen LogP contribution in [0.25, 0.3) is 0 Å². The third-order valence-electron chi connectivity index (χ3n) is 8.21. The summed E-state index contributed by atoms with van der Waals surface area (Å²) < 4.78 is 5.37. The van der Waals surface area contributed by atoms with Gasteiger partial charge in [-0.3, -0.25) is 9.59 Å². The molecule has 7 heteroatoms. The van der Waals surface area contributed by atoms with E-state index in [1.165, 1.54) is 11.3 Å². The highest BCUT2D eigenvalue weighted by molar-refractivity contribution is 7.17. The molecule has 0 unspecified atom stereocenters. The number of thiophene rings is 1. The summed E-state index contributed by atoms with van der Waals surface area (Å²) in [5, 5.41) is 13.5. The first-order chi connectivity index (χ1) is 16.0. The van der Waals surface area contributed by atoms with Gasteiger partial charge in [-0.25, -0.2) is 4.79 Å². The van der Waals surface area contributed by atoms with Gasteiger partial charge in [0.15, 0.2) is 0 Å². The van der Waals surface area contributed by atoms with Crippen LogP contribution >= 0.6 is 11.3 Å². The molecule has 3 aliphatic rings. The van der Waals surface area contributed by atoms with Crippen molar-refractivity contribution in [1.29, 1.82) is 0 Å². The maximum Gasteiger partial charge on any atom is 0.341 e. The number of amides is 1. The molecule has 0 aliphatic heterocycles. The van der Waals surface area contributed by atoms with Gasteiger partial charge < -0.3 is 15.2 Å². The summed E-state index contributed by atoms with van der Waals surface area (Å²) in [5.74, 6) is -2.53. The standard InChI is InChI=1S/C27H37NO5S/c1-7-33-26(32)22-15-9-8-14(27(4,5)6)12-18(15)34-24(22)28-23(29)20-16-10-11-17(19(16)13(2)3)21(20)25(30)31/h14,16-17,20-21H,7-12H2,1-6H3,(H,28,29)(H,30,31)/t14-,16-,17-,20-,21+/m1/s1. The van der Waals surface area contributed by atoms with Crippen LogP contribution in [-0.2, 0) is 27.2 Å². The average molecular weight is 488 g/mol. The van der Waals surface area contributed by atoms with Crippen molar-refractivity contribution in [2.45, 2.75) is 73.6 Å². The van der Waals surface area contributed by atoms with Gasteiger partial charge in [-0.15, -0.1) is 11.3 Å². The number of ether oxygens (including phenoxy) is 1. The van der Waals surface area contributed by atoms with E-state index in [9.17, 15) is 19.5 Å². The van der Waals surface area contributed by atoms with E-state index >= 15 is 0 Å². The van der Waals surface area contributed by atoms with Crippen molar-refractivity contribution in [3.05, 3.63) is 27.2 Å². The molecule has 1 aromatic heterocycles. The number of aliphatic carboxylic acids is 1. The second kappa shape index (κ2) is 9.14. The Hall–Kier alpha value is -2.15. The molecule has 1 heterocycles. The lowest BCUT2D eigenvalue weighted by atomic mass is 9.72. The van der Waals surface area contributed by atoms with Gasteiger partial charge in [-0.2, -0.15) is 0 Å². The summed E-state index contributed by atoms with van der Waals surface area (Å²) >= 11 is 1.47. The van der Waals surface area contributed by atoms with E-state index in [-0.39, 0.29) is 29.8 Å². The number of anilines is 1. The van der Waals surface area contributed by atoms with E-state index in [1.54, 1.807) is 6.92 Å². The van der Waals surface area contributed by atoms with E-state index in [0.717, 1.165) is 53.7 Å². The van der Waals surface area contributed by atoms with Crippen molar-refractivity contribution in [2.24, 2.45) is 35.0 Å². The third kappa shape index (κ3) is 4.21. The lowest BCUT2D eigenvalue weighted by Gasteiger charge is -2.33. The van der Waals surface area contributed by atoms with Crippen LogP contribution in [0.1, 0.15) is 81.6 Å². The number of carbonyl (C=O) groups is 3. The number of hydrogen-bond donors (Lipinski definition) is 2. The Bertz CT molecular complexity index is 1040. The smallest absolute Gasteiger partial charge is 0.341 e. The van der Waals surface area contributed by atoms with Crippen molar-refractivity contribution in [1.82, 2.24) is 0 Å². The molecule has 5 atom stereocenters. The Morgan fingerprint density at radius 2 is 1.74 bits per heavy atom. The van der Waals surface area contributed by atoms with Gasteiger partial charge in [0, 0.05) is 4.88 Å². The normalized spacial score (nSPS) is 27.9. The van der Waals surface area contributed by atoms with Crippen molar-refractivity contribution in [3.63, 3.8) is 0 Å². The molecule has 0 saturated heterocycles. The fourth-order valence-electron chi connectivity index (χ4n) is 6.63. The Labute approximate surface area is 206 Å². The molecule has 0 aromatic carbocycles. The molecule has 2 fully saturated rings. The van der Waals surface area contributed by atoms with Gasteiger partial charge in [-0.1, -0.05) is 31.9 Å². The molecule has 4 rings (SSSR count). The number of rotatable bonds is 5. The number of nitrogens with one attached hydrogen (secondary N) is 1. The van der Waals surface area contributed by atoms with E-state index < -0.39 is 23.8 Å². The molecule has 1 amide bonds. The Morgan fingerprint density at radius 3 is 2.29 bits per heavy atom. The minimum atomic E-state index is -0.907. The molecule has 2 saturated carbocycles. The Morgan fingerprint density at radius 1 is 1.09 bits per heavy atom. The summed E-state index contributed by atoms with van der Waals surface area (Å²) in [7, 11) is 0. The minimum Gasteiger partial charge on any atom is -0.481 e. The van der Waals surface area contributed by atoms with Crippen LogP contribution in [0.15, 0.2) is 11.1 Å². The van der Waals surface area contributed by atoms with Gasteiger partial charge in [0.2, 0.25) is 5.91 Å². The van der Waals surface area contributed by atoms with Gasteiger partial charge >= 0.3 is 11.9 Å². The highest BCUT2D eigenvalue weighted by atomic mass is 32.1. The zero-order valence-electron chi connectivity index (χ0n) is 21.1. The molecule has 34 heavy (non-hydrogen) atoms. The molecular weight excluding hydrogens is 450 g/mol. The molecule has 186 valence electrons. The van der Waals surface area contributed by atoms with Crippen molar-refractivity contribution in [3.8, 4) is 0 Å². The van der Waals surface area contributed by atoms with E-state index in [4.69, 9.17) is 4.74 Å². The number of fused-ring (bicyclic) bond motifs is 3. The monoisotopic (exact) mass is 487 g/mol. The fraction of sp³-hybridized carbons (Fsp3) is 0.667. The molecule has 0 radical (unpaired) electrons. The number of allylic oxidation sites excluding steroid dienone is 2.